The van der Waals surface area contributed by atoms with Crippen molar-refractivity contribution in [1.29, 1.82) is 0 Å². The first-order valence-electron chi connectivity index (χ1n) is 6.14. The number of hydrogen-bond acceptors (Lipinski definition) is 3. The second kappa shape index (κ2) is 5.88. The third-order valence-corrected chi connectivity index (χ3v) is 2.67. The summed E-state index contributed by atoms with van der Waals surface area (Å²) in [5.74, 6) is -0.571. The number of carbonyl (C=O) groups is 1. The van der Waals surface area contributed by atoms with Gasteiger partial charge in [0, 0.05) is 25.9 Å². The summed E-state index contributed by atoms with van der Waals surface area (Å²) in [7, 11) is 1.40. The van der Waals surface area contributed by atoms with Crippen LogP contribution >= 0.6 is 0 Å². The van der Waals surface area contributed by atoms with Crippen LogP contribution in [0, 0.1) is 0 Å². The maximum absolute atomic E-state index is 12.6. The first-order valence-corrected chi connectivity index (χ1v) is 6.14. The maximum Gasteiger partial charge on any atom is 0.417 e. The first kappa shape index (κ1) is 17.2. The van der Waals surface area contributed by atoms with Crippen molar-refractivity contribution in [3.63, 3.8) is 0 Å². The second-order valence-electron chi connectivity index (χ2n) is 5.44. The van der Waals surface area contributed by atoms with Gasteiger partial charge in [-0.05, 0) is 19.9 Å². The number of carbonyl (C=O) groups excluding carboxylic acids is 1. The van der Waals surface area contributed by atoms with Crippen molar-refractivity contribution in [1.82, 2.24) is 9.47 Å². The largest absolute Gasteiger partial charge is 0.417 e. The Labute approximate surface area is 119 Å². The number of pyridine rings is 1. The van der Waals surface area contributed by atoms with Gasteiger partial charge < -0.3 is 14.6 Å². The Kier molecular flexibility index (Phi) is 4.83. The smallest absolute Gasteiger partial charge is 0.389 e. The number of nitrogens with zero attached hydrogens (tertiary/aromatic N) is 2. The molecule has 118 valence electrons. The van der Waals surface area contributed by atoms with Gasteiger partial charge in [0.2, 0.25) is 5.91 Å². The predicted molar refractivity (Wildman–Crippen MR) is 69.6 cm³/mol. The molecule has 0 unspecified atom stereocenters. The highest BCUT2D eigenvalue weighted by molar-refractivity contribution is 5.75. The lowest BCUT2D eigenvalue weighted by molar-refractivity contribution is -0.139. The SMILES string of the molecule is CN(CC(C)(C)O)C(=O)Cn1cc(C(F)(F)F)ccc1=O. The van der Waals surface area contributed by atoms with Crippen LogP contribution in [-0.2, 0) is 17.5 Å². The molecule has 0 spiro atoms. The van der Waals surface area contributed by atoms with E-state index in [0.717, 1.165) is 11.0 Å². The van der Waals surface area contributed by atoms with E-state index in [2.05, 4.69) is 0 Å². The van der Waals surface area contributed by atoms with E-state index in [9.17, 15) is 27.9 Å². The average Bonchev–Trinajstić information content (AvgIpc) is 2.28. The van der Waals surface area contributed by atoms with Crippen molar-refractivity contribution in [2.45, 2.75) is 32.2 Å². The molecular weight excluding hydrogens is 289 g/mol. The lowest BCUT2D eigenvalue weighted by atomic mass is 10.1. The molecule has 5 nitrogen and oxygen atoms in total. The molecule has 1 N–H and O–H groups in total. The van der Waals surface area contributed by atoms with Gasteiger partial charge in [0.15, 0.2) is 0 Å². The van der Waals surface area contributed by atoms with Gasteiger partial charge in [-0.25, -0.2) is 0 Å². The topological polar surface area (TPSA) is 62.5 Å². The fourth-order valence-corrected chi connectivity index (χ4v) is 1.76. The highest BCUT2D eigenvalue weighted by Gasteiger charge is 2.31. The van der Waals surface area contributed by atoms with Crippen LogP contribution in [0.4, 0.5) is 13.2 Å². The van der Waals surface area contributed by atoms with Crippen molar-refractivity contribution in [3.8, 4) is 0 Å². The van der Waals surface area contributed by atoms with E-state index in [1.165, 1.54) is 20.9 Å². The Morgan fingerprint density at radius 3 is 2.38 bits per heavy atom. The molecular formula is C13H17F3N2O3. The predicted octanol–water partition coefficient (Wildman–Crippen LogP) is 1.10. The van der Waals surface area contributed by atoms with Gasteiger partial charge >= 0.3 is 6.18 Å². The summed E-state index contributed by atoms with van der Waals surface area (Å²) in [6.45, 7) is 2.47. The fourth-order valence-electron chi connectivity index (χ4n) is 1.76. The van der Waals surface area contributed by atoms with E-state index in [0.29, 0.717) is 16.8 Å². The van der Waals surface area contributed by atoms with Gasteiger partial charge in [0.1, 0.15) is 6.54 Å². The molecule has 0 aliphatic heterocycles. The van der Waals surface area contributed by atoms with E-state index in [1.807, 2.05) is 0 Å². The molecule has 1 aromatic heterocycles. The maximum atomic E-state index is 12.6. The second-order valence-corrected chi connectivity index (χ2v) is 5.44. The van der Waals surface area contributed by atoms with Crippen molar-refractivity contribution in [2.24, 2.45) is 0 Å². The van der Waals surface area contributed by atoms with Crippen molar-refractivity contribution in [2.75, 3.05) is 13.6 Å². The van der Waals surface area contributed by atoms with Crippen LogP contribution in [0.5, 0.6) is 0 Å². The molecule has 0 aliphatic rings. The summed E-state index contributed by atoms with van der Waals surface area (Å²) in [6.07, 6.45) is -3.98. The Bertz CT molecular complexity index is 573. The molecule has 0 atom stereocenters. The number of likely N-dealkylation sites (N-methyl/N-ethyl adjacent to an activating group) is 1. The zero-order valence-corrected chi connectivity index (χ0v) is 11.9. The summed E-state index contributed by atoms with van der Waals surface area (Å²) < 4.78 is 38.4. The number of rotatable bonds is 4. The number of aliphatic hydroxyl groups is 1. The highest BCUT2D eigenvalue weighted by atomic mass is 19.4. The van der Waals surface area contributed by atoms with Crippen molar-refractivity contribution in [3.05, 3.63) is 34.2 Å². The molecule has 0 radical (unpaired) electrons. The molecule has 1 heterocycles. The number of aromatic nitrogens is 1. The third-order valence-electron chi connectivity index (χ3n) is 2.67. The summed E-state index contributed by atoms with van der Waals surface area (Å²) in [4.78, 5) is 24.6. The molecule has 0 fully saturated rings. The van der Waals surface area contributed by atoms with Crippen LogP contribution in [0.15, 0.2) is 23.1 Å². The fraction of sp³-hybridized carbons (Fsp3) is 0.538. The Balaban J connectivity index is 2.93. The minimum Gasteiger partial charge on any atom is -0.389 e. The monoisotopic (exact) mass is 306 g/mol. The highest BCUT2D eigenvalue weighted by Crippen LogP contribution is 2.27. The Morgan fingerprint density at radius 1 is 1.33 bits per heavy atom. The Morgan fingerprint density at radius 2 is 1.90 bits per heavy atom. The lowest BCUT2D eigenvalue weighted by Gasteiger charge is -2.25. The van der Waals surface area contributed by atoms with E-state index in [4.69, 9.17) is 0 Å². The zero-order chi connectivity index (χ0) is 16.4. The van der Waals surface area contributed by atoms with Crippen LogP contribution in [0.3, 0.4) is 0 Å². The number of amides is 1. The van der Waals surface area contributed by atoms with Gasteiger partial charge in [0.05, 0.1) is 11.2 Å². The summed E-state index contributed by atoms with van der Waals surface area (Å²) >= 11 is 0. The van der Waals surface area contributed by atoms with Gasteiger partial charge in [-0.15, -0.1) is 0 Å². The molecule has 0 saturated heterocycles. The number of halogens is 3. The van der Waals surface area contributed by atoms with Crippen molar-refractivity contribution >= 4 is 5.91 Å². The van der Waals surface area contributed by atoms with Crippen molar-refractivity contribution < 1.29 is 23.1 Å². The summed E-state index contributed by atoms with van der Waals surface area (Å²) in [6, 6.07) is 1.44. The minimum atomic E-state index is -4.59. The molecule has 21 heavy (non-hydrogen) atoms. The molecule has 0 aromatic carbocycles. The molecule has 0 aliphatic carbocycles. The van der Waals surface area contributed by atoms with Crippen LogP contribution in [0.25, 0.3) is 0 Å². The van der Waals surface area contributed by atoms with Gasteiger partial charge in [-0.3, -0.25) is 9.59 Å². The summed E-state index contributed by atoms with van der Waals surface area (Å²) in [5, 5.41) is 9.60. The first-order chi connectivity index (χ1) is 9.40. The standard InChI is InChI=1S/C13H17F3N2O3/c1-12(2,21)8-17(3)11(20)7-18-6-9(13(14,15)16)4-5-10(18)19/h4-6,21H,7-8H2,1-3H3. The van der Waals surface area contributed by atoms with E-state index >= 15 is 0 Å². The molecule has 1 rings (SSSR count). The van der Waals surface area contributed by atoms with Gasteiger partial charge in [0.25, 0.3) is 5.56 Å². The quantitative estimate of drug-likeness (QED) is 0.906. The van der Waals surface area contributed by atoms with Crippen LogP contribution in [0.2, 0.25) is 0 Å². The van der Waals surface area contributed by atoms with E-state index in [1.54, 1.807) is 0 Å². The average molecular weight is 306 g/mol. The molecule has 1 amide bonds. The van der Waals surface area contributed by atoms with Gasteiger partial charge in [-0.1, -0.05) is 0 Å². The van der Waals surface area contributed by atoms with E-state index < -0.39 is 35.4 Å². The lowest BCUT2D eigenvalue weighted by Crippen LogP contribution is -2.42. The normalized spacial score (nSPS) is 12.3. The number of hydrogen-bond donors (Lipinski definition) is 1. The minimum absolute atomic E-state index is 0.000451. The number of alkyl halides is 3. The Hall–Kier alpha value is -1.83. The molecule has 0 bridgehead atoms. The molecule has 8 heteroatoms. The van der Waals surface area contributed by atoms with Crippen LogP contribution in [-0.4, -0.2) is 39.7 Å². The zero-order valence-electron chi connectivity index (χ0n) is 11.9. The van der Waals surface area contributed by atoms with Gasteiger partial charge in [-0.2, -0.15) is 13.2 Å². The summed E-state index contributed by atoms with van der Waals surface area (Å²) in [5.41, 5.74) is -2.84. The molecule has 0 saturated carbocycles. The molecule has 1 aromatic rings. The van der Waals surface area contributed by atoms with Crippen LogP contribution in [0.1, 0.15) is 19.4 Å². The van der Waals surface area contributed by atoms with E-state index in [-0.39, 0.29) is 6.54 Å². The third kappa shape index (κ3) is 5.22. The van der Waals surface area contributed by atoms with Crippen LogP contribution < -0.4 is 5.56 Å².